The number of fused-ring (bicyclic) bond motifs is 1. The second-order valence-electron chi connectivity index (χ2n) is 8.57. The van der Waals surface area contributed by atoms with E-state index in [1.165, 1.54) is 0 Å². The first-order valence-electron chi connectivity index (χ1n) is 10.1. The van der Waals surface area contributed by atoms with Crippen molar-refractivity contribution in [1.82, 2.24) is 25.0 Å². The Balaban J connectivity index is 1.51. The Labute approximate surface area is 174 Å². The maximum Gasteiger partial charge on any atom is 0.220 e. The van der Waals surface area contributed by atoms with Crippen molar-refractivity contribution in [2.24, 2.45) is 17.6 Å². The second-order valence-corrected chi connectivity index (χ2v) is 8.57. The molecular weight excluding hydrogens is 384 g/mol. The Morgan fingerprint density at radius 3 is 2.73 bits per heavy atom. The number of ether oxygens (including phenoxy) is 1. The van der Waals surface area contributed by atoms with Crippen LogP contribution in [0, 0.1) is 11.8 Å². The predicted octanol–water partition coefficient (Wildman–Crippen LogP) is 1.80. The third-order valence-electron chi connectivity index (χ3n) is 5.33. The number of nitrogens with zero attached hydrogens (tertiary/aromatic N) is 5. The lowest BCUT2D eigenvalue weighted by molar-refractivity contribution is -0.121. The summed E-state index contributed by atoms with van der Waals surface area (Å²) in [5.41, 5.74) is 6.59. The van der Waals surface area contributed by atoms with Crippen LogP contribution in [0.25, 0.3) is 16.9 Å². The van der Waals surface area contributed by atoms with Gasteiger partial charge in [0.1, 0.15) is 18.2 Å². The predicted molar refractivity (Wildman–Crippen MR) is 110 cm³/mol. The minimum Gasteiger partial charge on any atom is -0.491 e. The summed E-state index contributed by atoms with van der Waals surface area (Å²) < 4.78 is 7.26. The molecule has 1 aliphatic carbocycles. The van der Waals surface area contributed by atoms with Crippen LogP contribution in [0.15, 0.2) is 30.5 Å². The smallest absolute Gasteiger partial charge is 0.220 e. The fourth-order valence-electron chi connectivity index (χ4n) is 3.76. The molecule has 1 fully saturated rings. The average molecular weight is 410 g/mol. The Hall–Kier alpha value is -3.07. The molecule has 2 atom stereocenters. The molecule has 2 aromatic heterocycles. The van der Waals surface area contributed by atoms with Gasteiger partial charge in [-0.15, -0.1) is 5.10 Å². The molecule has 0 saturated heterocycles. The maximum atomic E-state index is 11.4. The van der Waals surface area contributed by atoms with Gasteiger partial charge in [-0.05, 0) is 63.3 Å². The molecular formula is C21H26N6O3. The molecule has 1 amide bonds. The summed E-state index contributed by atoms with van der Waals surface area (Å²) in [4.78, 5) is 20.5. The highest BCUT2D eigenvalue weighted by atomic mass is 16.5. The van der Waals surface area contributed by atoms with Crippen molar-refractivity contribution >= 4 is 17.1 Å². The van der Waals surface area contributed by atoms with Gasteiger partial charge in [-0.2, -0.15) is 4.68 Å². The normalized spacial score (nSPS) is 19.3. The van der Waals surface area contributed by atoms with Crippen LogP contribution in [-0.4, -0.2) is 48.2 Å². The second kappa shape index (κ2) is 7.98. The Morgan fingerprint density at radius 1 is 1.30 bits per heavy atom. The maximum absolute atomic E-state index is 11.4. The van der Waals surface area contributed by atoms with E-state index in [0.717, 1.165) is 24.9 Å². The number of aromatic nitrogens is 5. The van der Waals surface area contributed by atoms with Crippen LogP contribution in [0.1, 0.15) is 38.9 Å². The Bertz CT molecular complexity index is 1040. The van der Waals surface area contributed by atoms with E-state index in [1.54, 1.807) is 24.7 Å². The van der Waals surface area contributed by atoms with E-state index in [4.69, 9.17) is 10.5 Å². The molecule has 0 bridgehead atoms. The van der Waals surface area contributed by atoms with Crippen molar-refractivity contribution in [3.8, 4) is 11.4 Å². The summed E-state index contributed by atoms with van der Waals surface area (Å²) >= 11 is 0. The lowest BCUT2D eigenvalue weighted by Crippen LogP contribution is -2.27. The van der Waals surface area contributed by atoms with Gasteiger partial charge in [0.15, 0.2) is 11.2 Å². The van der Waals surface area contributed by atoms with Crippen LogP contribution in [-0.2, 0) is 11.2 Å². The van der Waals surface area contributed by atoms with Gasteiger partial charge in [-0.25, -0.2) is 9.97 Å². The molecule has 2 heterocycles. The first-order valence-corrected chi connectivity index (χ1v) is 10.1. The summed E-state index contributed by atoms with van der Waals surface area (Å²) in [7, 11) is 0. The molecule has 0 unspecified atom stereocenters. The molecule has 9 nitrogen and oxygen atoms in total. The van der Waals surface area contributed by atoms with E-state index in [-0.39, 0.29) is 18.4 Å². The summed E-state index contributed by atoms with van der Waals surface area (Å²) in [5, 5.41) is 18.2. The lowest BCUT2D eigenvalue weighted by Gasteiger charge is -2.17. The lowest BCUT2D eigenvalue weighted by atomic mass is 10.0. The molecule has 0 radical (unpaired) electrons. The zero-order valence-corrected chi connectivity index (χ0v) is 17.2. The molecule has 1 aromatic carbocycles. The van der Waals surface area contributed by atoms with E-state index < -0.39 is 5.60 Å². The van der Waals surface area contributed by atoms with E-state index >= 15 is 0 Å². The fourth-order valence-corrected chi connectivity index (χ4v) is 3.76. The van der Waals surface area contributed by atoms with E-state index in [9.17, 15) is 9.90 Å². The number of rotatable bonds is 7. The zero-order chi connectivity index (χ0) is 21.3. The van der Waals surface area contributed by atoms with Crippen molar-refractivity contribution < 1.29 is 14.6 Å². The van der Waals surface area contributed by atoms with E-state index in [2.05, 4.69) is 20.3 Å². The van der Waals surface area contributed by atoms with Crippen LogP contribution in [0.4, 0.5) is 0 Å². The molecule has 30 heavy (non-hydrogen) atoms. The largest absolute Gasteiger partial charge is 0.491 e. The van der Waals surface area contributed by atoms with Gasteiger partial charge in [0, 0.05) is 12.3 Å². The molecule has 0 aliphatic heterocycles. The van der Waals surface area contributed by atoms with Crippen molar-refractivity contribution in [2.75, 3.05) is 6.61 Å². The quantitative estimate of drug-likeness (QED) is 0.607. The SMILES string of the molecule is CC(C)(O)COc1ccc(-n2nnc3cnc(C[C@@H]4CC[C@@H](C(N)=O)C4)nc32)cc1. The average Bonchev–Trinajstić information content (AvgIpc) is 3.33. The van der Waals surface area contributed by atoms with Gasteiger partial charge in [0.25, 0.3) is 0 Å². The van der Waals surface area contributed by atoms with Crippen LogP contribution >= 0.6 is 0 Å². The molecule has 158 valence electrons. The van der Waals surface area contributed by atoms with Crippen molar-refractivity contribution in [3.05, 3.63) is 36.3 Å². The molecule has 4 rings (SSSR count). The topological polar surface area (TPSA) is 129 Å². The zero-order valence-electron chi connectivity index (χ0n) is 17.2. The molecule has 3 N–H and O–H groups in total. The van der Waals surface area contributed by atoms with Crippen LogP contribution in [0.2, 0.25) is 0 Å². The molecule has 1 aliphatic rings. The van der Waals surface area contributed by atoms with Gasteiger partial charge in [0.05, 0.1) is 17.5 Å². The van der Waals surface area contributed by atoms with Gasteiger partial charge in [-0.3, -0.25) is 4.79 Å². The van der Waals surface area contributed by atoms with Crippen LogP contribution < -0.4 is 10.5 Å². The number of carbonyl (C=O) groups is 1. The van der Waals surface area contributed by atoms with Crippen LogP contribution in [0.3, 0.4) is 0 Å². The number of primary amides is 1. The molecule has 9 heteroatoms. The van der Waals surface area contributed by atoms with Gasteiger partial charge in [-0.1, -0.05) is 5.21 Å². The highest BCUT2D eigenvalue weighted by Crippen LogP contribution is 2.32. The van der Waals surface area contributed by atoms with E-state index in [0.29, 0.717) is 35.1 Å². The molecule has 0 spiro atoms. The van der Waals surface area contributed by atoms with Gasteiger partial charge >= 0.3 is 0 Å². The van der Waals surface area contributed by atoms with Crippen molar-refractivity contribution in [1.29, 1.82) is 0 Å². The summed E-state index contributed by atoms with van der Waals surface area (Å²) in [6.45, 7) is 3.59. The van der Waals surface area contributed by atoms with Crippen LogP contribution in [0.5, 0.6) is 5.75 Å². The molecule has 3 aromatic rings. The van der Waals surface area contributed by atoms with Crippen molar-refractivity contribution in [3.63, 3.8) is 0 Å². The summed E-state index contributed by atoms with van der Waals surface area (Å²) in [6, 6.07) is 7.37. The number of hydrogen-bond acceptors (Lipinski definition) is 7. The standard InChI is InChI=1S/C21H26N6O3/c1-21(2,29)12-30-16-7-5-15(6-8-16)27-20-17(25-26-27)11-23-18(24-20)10-13-3-4-14(9-13)19(22)28/h5-8,11,13-14,29H,3-4,9-10,12H2,1-2H3,(H2,22,28)/t13-,14-/m1/s1. The fraction of sp³-hybridized carbons (Fsp3) is 0.476. The highest BCUT2D eigenvalue weighted by Gasteiger charge is 2.29. The Kier molecular flexibility index (Phi) is 5.38. The minimum absolute atomic E-state index is 0.0388. The number of aliphatic hydroxyl groups is 1. The number of carbonyl (C=O) groups excluding carboxylic acids is 1. The first kappa shape index (κ1) is 20.2. The number of benzene rings is 1. The minimum atomic E-state index is -0.898. The van der Waals surface area contributed by atoms with E-state index in [1.807, 2.05) is 24.3 Å². The first-order chi connectivity index (χ1) is 14.3. The van der Waals surface area contributed by atoms with Crippen molar-refractivity contribution in [2.45, 2.75) is 45.1 Å². The van der Waals surface area contributed by atoms with Gasteiger partial charge < -0.3 is 15.6 Å². The number of amides is 1. The number of nitrogens with two attached hydrogens (primary N) is 1. The van der Waals surface area contributed by atoms with Gasteiger partial charge in [0.2, 0.25) is 5.91 Å². The number of hydrogen-bond donors (Lipinski definition) is 2. The molecule has 1 saturated carbocycles. The summed E-state index contributed by atoms with van der Waals surface area (Å²) in [6.07, 6.45) is 4.97. The third kappa shape index (κ3) is 4.56. The third-order valence-corrected chi connectivity index (χ3v) is 5.33. The Morgan fingerprint density at radius 2 is 2.07 bits per heavy atom. The monoisotopic (exact) mass is 410 g/mol. The summed E-state index contributed by atoms with van der Waals surface area (Å²) in [5.74, 6) is 1.47. The highest BCUT2D eigenvalue weighted by molar-refractivity contribution is 5.76.